The molecule has 1 aromatic carbocycles. The standard InChI is InChI=1S/C16H16ClN3O3/c17-14-9-11(6-7-15(14)20(22)23)8-12(10-18)16(21)19-13-4-2-1-3-5-13/h6-9,13H,1-5H2,(H,19,21). The van der Waals surface area contributed by atoms with Crippen LogP contribution in [0.1, 0.15) is 37.7 Å². The fourth-order valence-corrected chi connectivity index (χ4v) is 2.84. The molecule has 0 unspecified atom stereocenters. The molecule has 0 heterocycles. The Balaban J connectivity index is 2.14. The molecule has 23 heavy (non-hydrogen) atoms. The predicted molar refractivity (Wildman–Crippen MR) is 86.7 cm³/mol. The zero-order chi connectivity index (χ0) is 16.8. The maximum Gasteiger partial charge on any atom is 0.287 e. The number of benzene rings is 1. The van der Waals surface area contributed by atoms with Crippen molar-refractivity contribution in [2.75, 3.05) is 0 Å². The normalized spacial score (nSPS) is 15.7. The maximum absolute atomic E-state index is 12.2. The summed E-state index contributed by atoms with van der Waals surface area (Å²) in [6.07, 6.45) is 6.56. The summed E-state index contributed by atoms with van der Waals surface area (Å²) >= 11 is 5.83. The highest BCUT2D eigenvalue weighted by atomic mass is 35.5. The molecule has 7 heteroatoms. The molecule has 1 N–H and O–H groups in total. The van der Waals surface area contributed by atoms with Crippen molar-refractivity contribution >= 4 is 29.3 Å². The number of halogens is 1. The second-order valence-electron chi connectivity index (χ2n) is 5.45. The van der Waals surface area contributed by atoms with E-state index in [4.69, 9.17) is 11.6 Å². The predicted octanol–water partition coefficient (Wildman–Crippen LogP) is 3.60. The Kier molecular flexibility index (Phi) is 5.72. The van der Waals surface area contributed by atoms with Gasteiger partial charge in [0.15, 0.2) is 0 Å². The first-order valence-corrected chi connectivity index (χ1v) is 7.75. The number of nitro benzene ring substituents is 1. The van der Waals surface area contributed by atoms with Crippen LogP contribution in [0.15, 0.2) is 23.8 Å². The van der Waals surface area contributed by atoms with Crippen molar-refractivity contribution in [2.45, 2.75) is 38.1 Å². The van der Waals surface area contributed by atoms with Crippen LogP contribution < -0.4 is 5.32 Å². The minimum Gasteiger partial charge on any atom is -0.349 e. The molecule has 0 aromatic heterocycles. The number of nitrogens with zero attached hydrogens (tertiary/aromatic N) is 2. The Morgan fingerprint density at radius 3 is 2.65 bits per heavy atom. The van der Waals surface area contributed by atoms with Crippen LogP contribution in [0, 0.1) is 21.4 Å². The molecule has 1 aromatic rings. The first-order valence-electron chi connectivity index (χ1n) is 7.38. The largest absolute Gasteiger partial charge is 0.349 e. The van der Waals surface area contributed by atoms with E-state index >= 15 is 0 Å². The number of nitro groups is 1. The molecule has 0 bridgehead atoms. The molecular formula is C16H16ClN3O3. The summed E-state index contributed by atoms with van der Waals surface area (Å²) in [7, 11) is 0. The Morgan fingerprint density at radius 1 is 1.39 bits per heavy atom. The molecular weight excluding hydrogens is 318 g/mol. The van der Waals surface area contributed by atoms with Crippen LogP contribution in [-0.4, -0.2) is 16.9 Å². The molecule has 0 radical (unpaired) electrons. The highest BCUT2D eigenvalue weighted by Gasteiger charge is 2.18. The van der Waals surface area contributed by atoms with Crippen LogP contribution in [0.3, 0.4) is 0 Å². The average Bonchev–Trinajstić information content (AvgIpc) is 2.53. The molecule has 0 spiro atoms. The number of rotatable bonds is 4. The van der Waals surface area contributed by atoms with Crippen LogP contribution in [0.2, 0.25) is 5.02 Å². The van der Waals surface area contributed by atoms with E-state index in [1.807, 2.05) is 6.07 Å². The molecule has 1 fully saturated rings. The summed E-state index contributed by atoms with van der Waals surface area (Å²) in [5.41, 5.74) is 0.213. The Hall–Kier alpha value is -2.39. The van der Waals surface area contributed by atoms with E-state index in [-0.39, 0.29) is 22.3 Å². The van der Waals surface area contributed by atoms with E-state index in [9.17, 15) is 20.2 Å². The first-order chi connectivity index (χ1) is 11.0. The monoisotopic (exact) mass is 333 g/mol. The Bertz CT molecular complexity index is 688. The lowest BCUT2D eigenvalue weighted by Crippen LogP contribution is -2.36. The number of nitrogens with one attached hydrogen (secondary N) is 1. The first kappa shape index (κ1) is 17.0. The topological polar surface area (TPSA) is 96.0 Å². The van der Waals surface area contributed by atoms with Crippen LogP contribution in [0.4, 0.5) is 5.69 Å². The van der Waals surface area contributed by atoms with Crippen LogP contribution in [0.25, 0.3) is 6.08 Å². The van der Waals surface area contributed by atoms with Gasteiger partial charge in [-0.1, -0.05) is 30.9 Å². The average molecular weight is 334 g/mol. The minimum absolute atomic E-state index is 0.0336. The minimum atomic E-state index is -0.586. The lowest BCUT2D eigenvalue weighted by molar-refractivity contribution is -0.384. The molecule has 1 saturated carbocycles. The number of carbonyl (C=O) groups is 1. The maximum atomic E-state index is 12.2. The summed E-state index contributed by atoms with van der Waals surface area (Å²) in [6, 6.07) is 6.05. The summed E-state index contributed by atoms with van der Waals surface area (Å²) < 4.78 is 0. The van der Waals surface area contributed by atoms with E-state index < -0.39 is 10.8 Å². The Morgan fingerprint density at radius 2 is 2.09 bits per heavy atom. The van der Waals surface area contributed by atoms with Gasteiger partial charge in [0, 0.05) is 12.1 Å². The van der Waals surface area contributed by atoms with Crippen molar-refractivity contribution in [3.63, 3.8) is 0 Å². The third-order valence-corrected chi connectivity index (χ3v) is 4.09. The van der Waals surface area contributed by atoms with E-state index in [2.05, 4.69) is 5.32 Å². The molecule has 6 nitrogen and oxygen atoms in total. The van der Waals surface area contributed by atoms with Gasteiger partial charge in [-0.25, -0.2) is 0 Å². The van der Waals surface area contributed by atoms with Gasteiger partial charge in [-0.3, -0.25) is 14.9 Å². The van der Waals surface area contributed by atoms with E-state index in [1.54, 1.807) is 0 Å². The summed E-state index contributed by atoms with van der Waals surface area (Å²) in [5.74, 6) is -0.422. The molecule has 0 atom stereocenters. The van der Waals surface area contributed by atoms with Gasteiger partial charge in [0.25, 0.3) is 11.6 Å². The van der Waals surface area contributed by atoms with Gasteiger partial charge >= 0.3 is 0 Å². The summed E-state index contributed by atoms with van der Waals surface area (Å²) in [4.78, 5) is 22.3. The van der Waals surface area contributed by atoms with E-state index in [0.717, 1.165) is 25.7 Å². The van der Waals surface area contributed by atoms with E-state index in [1.165, 1.54) is 30.7 Å². The van der Waals surface area contributed by atoms with Gasteiger partial charge < -0.3 is 5.32 Å². The molecule has 1 aliphatic rings. The zero-order valence-electron chi connectivity index (χ0n) is 12.4. The zero-order valence-corrected chi connectivity index (χ0v) is 13.2. The Labute approximate surface area is 138 Å². The number of hydrogen-bond acceptors (Lipinski definition) is 4. The van der Waals surface area contributed by atoms with Crippen molar-refractivity contribution in [3.05, 3.63) is 44.5 Å². The highest BCUT2D eigenvalue weighted by Crippen LogP contribution is 2.26. The lowest BCUT2D eigenvalue weighted by atomic mass is 9.95. The molecule has 120 valence electrons. The third kappa shape index (κ3) is 4.54. The molecule has 2 rings (SSSR count). The van der Waals surface area contributed by atoms with Crippen molar-refractivity contribution < 1.29 is 9.72 Å². The smallest absolute Gasteiger partial charge is 0.287 e. The van der Waals surface area contributed by atoms with Gasteiger partial charge in [-0.15, -0.1) is 0 Å². The number of hydrogen-bond donors (Lipinski definition) is 1. The van der Waals surface area contributed by atoms with Crippen molar-refractivity contribution in [1.82, 2.24) is 5.32 Å². The summed E-state index contributed by atoms with van der Waals surface area (Å²) in [6.45, 7) is 0. The van der Waals surface area contributed by atoms with Gasteiger partial charge in [-0.2, -0.15) is 5.26 Å². The second-order valence-corrected chi connectivity index (χ2v) is 5.85. The van der Waals surface area contributed by atoms with Crippen molar-refractivity contribution in [2.24, 2.45) is 0 Å². The van der Waals surface area contributed by atoms with Gasteiger partial charge in [0.05, 0.1) is 4.92 Å². The van der Waals surface area contributed by atoms with Crippen LogP contribution in [0.5, 0.6) is 0 Å². The molecule has 1 aliphatic carbocycles. The third-order valence-electron chi connectivity index (χ3n) is 3.78. The number of amides is 1. The molecule has 0 aliphatic heterocycles. The number of carbonyl (C=O) groups excluding carboxylic acids is 1. The van der Waals surface area contributed by atoms with Crippen LogP contribution >= 0.6 is 11.6 Å². The van der Waals surface area contributed by atoms with Gasteiger partial charge in [-0.05, 0) is 36.6 Å². The second kappa shape index (κ2) is 7.75. The quantitative estimate of drug-likeness (QED) is 0.394. The van der Waals surface area contributed by atoms with Gasteiger partial charge in [0.2, 0.25) is 0 Å². The fourth-order valence-electron chi connectivity index (χ4n) is 2.59. The number of nitriles is 1. The summed E-state index contributed by atoms with van der Waals surface area (Å²) in [5, 5.41) is 22.7. The van der Waals surface area contributed by atoms with Crippen LogP contribution in [-0.2, 0) is 4.79 Å². The molecule has 1 amide bonds. The van der Waals surface area contributed by atoms with E-state index in [0.29, 0.717) is 5.56 Å². The lowest BCUT2D eigenvalue weighted by Gasteiger charge is -2.22. The van der Waals surface area contributed by atoms with Gasteiger partial charge in [0.1, 0.15) is 16.7 Å². The van der Waals surface area contributed by atoms with Crippen molar-refractivity contribution in [1.29, 1.82) is 5.26 Å². The molecule has 0 saturated heterocycles. The highest BCUT2D eigenvalue weighted by molar-refractivity contribution is 6.32. The SMILES string of the molecule is N#CC(=Cc1ccc([N+](=O)[O-])c(Cl)c1)C(=O)NC1CCCCC1. The van der Waals surface area contributed by atoms with Crippen molar-refractivity contribution in [3.8, 4) is 6.07 Å². The fraction of sp³-hybridized carbons (Fsp3) is 0.375.